The highest BCUT2D eigenvalue weighted by Crippen LogP contribution is 2.45. The lowest BCUT2D eigenvalue weighted by atomic mass is 9.95. The van der Waals surface area contributed by atoms with Gasteiger partial charge in [-0.3, -0.25) is 9.69 Å². The van der Waals surface area contributed by atoms with E-state index >= 15 is 0 Å². The molecule has 6 heteroatoms. The zero-order valence-electron chi connectivity index (χ0n) is 16.6. The first kappa shape index (κ1) is 20.6. The summed E-state index contributed by atoms with van der Waals surface area (Å²) in [6, 6.07) is 8.92. The Kier molecular flexibility index (Phi) is 5.87. The van der Waals surface area contributed by atoms with Crippen molar-refractivity contribution >= 4 is 29.0 Å². The molecule has 2 aliphatic rings. The van der Waals surface area contributed by atoms with Crippen molar-refractivity contribution in [2.75, 3.05) is 19.7 Å². The molecule has 0 N–H and O–H groups in total. The van der Waals surface area contributed by atoms with Crippen LogP contribution >= 0.6 is 23.2 Å². The van der Waals surface area contributed by atoms with E-state index in [0.717, 1.165) is 37.1 Å². The maximum absolute atomic E-state index is 14.3. The molecule has 2 fully saturated rings. The number of ether oxygens (including phenoxy) is 1. The molecule has 2 aromatic carbocycles. The van der Waals surface area contributed by atoms with Crippen LogP contribution in [0.15, 0.2) is 30.3 Å². The van der Waals surface area contributed by atoms with Gasteiger partial charge in [-0.1, -0.05) is 23.2 Å². The van der Waals surface area contributed by atoms with Gasteiger partial charge in [0.05, 0.1) is 12.2 Å². The molecule has 1 heterocycles. The van der Waals surface area contributed by atoms with Crippen molar-refractivity contribution in [1.29, 1.82) is 0 Å². The summed E-state index contributed by atoms with van der Waals surface area (Å²) in [5.41, 5.74) is 2.22. The number of rotatable bonds is 7. The summed E-state index contributed by atoms with van der Waals surface area (Å²) in [4.78, 5) is 14.0. The predicted molar refractivity (Wildman–Crippen MR) is 114 cm³/mol. The molecule has 1 aliphatic carbocycles. The van der Waals surface area contributed by atoms with E-state index in [0.29, 0.717) is 34.2 Å². The summed E-state index contributed by atoms with van der Waals surface area (Å²) >= 11 is 12.2. The van der Waals surface area contributed by atoms with Crippen molar-refractivity contribution in [3.63, 3.8) is 0 Å². The second-order valence-electron chi connectivity index (χ2n) is 8.21. The fourth-order valence-corrected chi connectivity index (χ4v) is 4.49. The first-order valence-electron chi connectivity index (χ1n) is 9.99. The maximum Gasteiger partial charge on any atom is 0.162 e. The third-order valence-electron chi connectivity index (χ3n) is 5.87. The van der Waals surface area contributed by atoms with Crippen molar-refractivity contribution in [1.82, 2.24) is 4.90 Å². The molecule has 4 rings (SSSR count). The van der Waals surface area contributed by atoms with E-state index < -0.39 is 5.82 Å². The summed E-state index contributed by atoms with van der Waals surface area (Å²) in [6.45, 7) is 5.88. The predicted octanol–water partition coefficient (Wildman–Crippen LogP) is 6.28. The second kappa shape index (κ2) is 8.25. The largest absolute Gasteiger partial charge is 0.493 e. The third-order valence-corrected chi connectivity index (χ3v) is 6.31. The number of benzene rings is 2. The van der Waals surface area contributed by atoms with Gasteiger partial charge < -0.3 is 4.74 Å². The van der Waals surface area contributed by atoms with Crippen LogP contribution in [-0.4, -0.2) is 30.4 Å². The van der Waals surface area contributed by atoms with E-state index in [1.165, 1.54) is 13.0 Å². The fraction of sp³-hybridized carbons (Fsp3) is 0.435. The van der Waals surface area contributed by atoms with E-state index in [1.54, 1.807) is 12.1 Å². The summed E-state index contributed by atoms with van der Waals surface area (Å²) in [7, 11) is 0. The number of carbonyl (C=O) groups excluding carboxylic acids is 1. The SMILES string of the molecule is CC(=O)c1cc(C2CC2)c(OCC2CN(C(C)c3cc(Cl)cc(Cl)c3)C2)cc1F. The first-order valence-corrected chi connectivity index (χ1v) is 10.7. The molecule has 1 aliphatic heterocycles. The minimum absolute atomic E-state index is 0.156. The molecule has 2 aromatic rings. The van der Waals surface area contributed by atoms with Gasteiger partial charge in [-0.2, -0.15) is 0 Å². The van der Waals surface area contributed by atoms with Crippen LogP contribution in [0, 0.1) is 11.7 Å². The van der Waals surface area contributed by atoms with Crippen LogP contribution < -0.4 is 4.74 Å². The molecule has 0 radical (unpaired) electrons. The molecule has 0 aromatic heterocycles. The molecule has 3 nitrogen and oxygen atoms in total. The average molecular weight is 436 g/mol. The quantitative estimate of drug-likeness (QED) is 0.478. The van der Waals surface area contributed by atoms with Crippen LogP contribution in [0.5, 0.6) is 5.75 Å². The zero-order chi connectivity index (χ0) is 20.7. The summed E-state index contributed by atoms with van der Waals surface area (Å²) < 4.78 is 20.3. The Bertz CT molecular complexity index is 918. The number of hydrogen-bond donors (Lipinski definition) is 0. The molecular weight excluding hydrogens is 412 g/mol. The standard InChI is InChI=1S/C23H24Cl2FNO2/c1-13(17-5-18(24)7-19(25)6-17)27-10-15(11-27)12-29-23-9-22(26)20(14(2)28)8-21(23)16-3-4-16/h5-9,13,15-16H,3-4,10-12H2,1-2H3. The highest BCUT2D eigenvalue weighted by Gasteiger charge is 2.33. The Labute approximate surface area is 180 Å². The minimum Gasteiger partial charge on any atom is -0.493 e. The van der Waals surface area contributed by atoms with Gasteiger partial charge in [0.15, 0.2) is 5.78 Å². The molecule has 1 saturated carbocycles. The van der Waals surface area contributed by atoms with E-state index in [1.807, 2.05) is 12.1 Å². The molecule has 0 spiro atoms. The monoisotopic (exact) mass is 435 g/mol. The lowest BCUT2D eigenvalue weighted by Crippen LogP contribution is -2.50. The fourth-order valence-electron chi connectivity index (χ4n) is 3.95. The van der Waals surface area contributed by atoms with Crippen LogP contribution in [-0.2, 0) is 0 Å². The third kappa shape index (κ3) is 4.60. The van der Waals surface area contributed by atoms with Gasteiger partial charge >= 0.3 is 0 Å². The number of nitrogens with zero attached hydrogens (tertiary/aromatic N) is 1. The van der Waals surface area contributed by atoms with E-state index in [-0.39, 0.29) is 17.4 Å². The van der Waals surface area contributed by atoms with Gasteiger partial charge in [0, 0.05) is 41.2 Å². The number of likely N-dealkylation sites (tertiary alicyclic amines) is 1. The van der Waals surface area contributed by atoms with Crippen LogP contribution in [0.3, 0.4) is 0 Å². The number of carbonyl (C=O) groups is 1. The molecule has 1 unspecified atom stereocenters. The molecule has 0 bridgehead atoms. The van der Waals surface area contributed by atoms with E-state index in [2.05, 4.69) is 11.8 Å². The Balaban J connectivity index is 1.37. The molecule has 154 valence electrons. The Morgan fingerprint density at radius 2 is 1.83 bits per heavy atom. The van der Waals surface area contributed by atoms with Crippen molar-refractivity contribution in [3.05, 3.63) is 62.9 Å². The number of hydrogen-bond acceptors (Lipinski definition) is 3. The molecular formula is C23H24Cl2FNO2. The molecule has 1 saturated heterocycles. The van der Waals surface area contributed by atoms with Gasteiger partial charge in [0.1, 0.15) is 11.6 Å². The Morgan fingerprint density at radius 3 is 2.41 bits per heavy atom. The number of ketones is 1. The zero-order valence-corrected chi connectivity index (χ0v) is 18.1. The minimum atomic E-state index is -0.501. The van der Waals surface area contributed by atoms with Crippen molar-refractivity contribution in [3.8, 4) is 5.75 Å². The number of Topliss-reactive ketones (excluding diaryl/α,β-unsaturated/α-hetero) is 1. The van der Waals surface area contributed by atoms with E-state index in [9.17, 15) is 9.18 Å². The highest BCUT2D eigenvalue weighted by molar-refractivity contribution is 6.34. The van der Waals surface area contributed by atoms with Gasteiger partial charge in [-0.25, -0.2) is 4.39 Å². The van der Waals surface area contributed by atoms with Crippen molar-refractivity contribution < 1.29 is 13.9 Å². The van der Waals surface area contributed by atoms with Crippen molar-refractivity contribution in [2.45, 2.75) is 38.6 Å². The van der Waals surface area contributed by atoms with Crippen molar-refractivity contribution in [2.24, 2.45) is 5.92 Å². The first-order chi connectivity index (χ1) is 13.8. The smallest absolute Gasteiger partial charge is 0.162 e. The summed E-state index contributed by atoms with van der Waals surface area (Å²) in [5, 5.41) is 1.28. The van der Waals surface area contributed by atoms with E-state index in [4.69, 9.17) is 27.9 Å². The lowest BCUT2D eigenvalue weighted by Gasteiger charge is -2.43. The highest BCUT2D eigenvalue weighted by atomic mass is 35.5. The van der Waals surface area contributed by atoms with Crippen LogP contribution in [0.1, 0.15) is 60.1 Å². The Hall–Kier alpha value is -1.62. The second-order valence-corrected chi connectivity index (χ2v) is 9.08. The van der Waals surface area contributed by atoms with Gasteiger partial charge in [0.25, 0.3) is 0 Å². The summed E-state index contributed by atoms with van der Waals surface area (Å²) in [6.07, 6.45) is 2.13. The van der Waals surface area contributed by atoms with Crippen LogP contribution in [0.4, 0.5) is 4.39 Å². The van der Waals surface area contributed by atoms with Gasteiger partial charge in [-0.15, -0.1) is 0 Å². The topological polar surface area (TPSA) is 29.5 Å². The molecule has 1 atom stereocenters. The normalized spacial score (nSPS) is 18.4. The summed E-state index contributed by atoms with van der Waals surface area (Å²) in [5.74, 6) is 0.603. The maximum atomic E-state index is 14.3. The lowest BCUT2D eigenvalue weighted by molar-refractivity contribution is 0.0307. The molecule has 29 heavy (non-hydrogen) atoms. The Morgan fingerprint density at radius 1 is 1.17 bits per heavy atom. The van der Waals surface area contributed by atoms with Crippen LogP contribution in [0.2, 0.25) is 10.0 Å². The van der Waals surface area contributed by atoms with Gasteiger partial charge in [-0.05, 0) is 68.0 Å². The molecule has 0 amide bonds. The van der Waals surface area contributed by atoms with Crippen LogP contribution in [0.25, 0.3) is 0 Å². The number of halogens is 3. The van der Waals surface area contributed by atoms with Gasteiger partial charge in [0.2, 0.25) is 0 Å². The average Bonchev–Trinajstić information content (AvgIpc) is 3.44.